The van der Waals surface area contributed by atoms with Crippen molar-refractivity contribution < 1.29 is 18.9 Å². The first-order valence-corrected chi connectivity index (χ1v) is 12.3. The summed E-state index contributed by atoms with van der Waals surface area (Å²) in [5.41, 5.74) is 1.86. The molecule has 9 nitrogen and oxygen atoms in total. The first-order valence-electron chi connectivity index (χ1n) is 11.4. The summed E-state index contributed by atoms with van der Waals surface area (Å²) in [5, 5.41) is 11.1. The van der Waals surface area contributed by atoms with Gasteiger partial charge in [0.2, 0.25) is 0 Å². The van der Waals surface area contributed by atoms with Crippen LogP contribution in [0.4, 0.5) is 5.69 Å². The number of carbonyl (C=O) groups excluding carboxylic acids is 1. The second-order valence-electron chi connectivity index (χ2n) is 8.21. The Morgan fingerprint density at radius 1 is 1.19 bits per heavy atom. The Bertz CT molecular complexity index is 1730. The maximum Gasteiger partial charge on any atom is 0.338 e. The fourth-order valence-electron chi connectivity index (χ4n) is 4.30. The highest BCUT2D eigenvalue weighted by molar-refractivity contribution is 7.07. The van der Waals surface area contributed by atoms with Gasteiger partial charge >= 0.3 is 5.97 Å². The van der Waals surface area contributed by atoms with Crippen molar-refractivity contribution in [1.29, 1.82) is 0 Å². The molecule has 5 rings (SSSR count). The van der Waals surface area contributed by atoms with Gasteiger partial charge in [-0.05, 0) is 24.1 Å². The first-order chi connectivity index (χ1) is 17.9. The number of furan rings is 1. The highest BCUT2D eigenvalue weighted by Gasteiger charge is 2.33. The van der Waals surface area contributed by atoms with Crippen LogP contribution in [0.1, 0.15) is 30.7 Å². The Morgan fingerprint density at radius 3 is 2.68 bits per heavy atom. The van der Waals surface area contributed by atoms with E-state index in [1.54, 1.807) is 30.3 Å². The molecule has 4 aromatic rings. The normalized spacial score (nSPS) is 15.3. The van der Waals surface area contributed by atoms with Crippen LogP contribution in [-0.4, -0.2) is 22.6 Å². The van der Waals surface area contributed by atoms with Gasteiger partial charge in [0.1, 0.15) is 11.5 Å². The van der Waals surface area contributed by atoms with E-state index in [0.29, 0.717) is 44.1 Å². The summed E-state index contributed by atoms with van der Waals surface area (Å²) in [6.45, 7) is 1.90. The van der Waals surface area contributed by atoms with Gasteiger partial charge in [0.15, 0.2) is 4.80 Å². The monoisotopic (exact) mass is 515 g/mol. The van der Waals surface area contributed by atoms with Crippen molar-refractivity contribution in [2.75, 3.05) is 7.11 Å². The number of ether oxygens (including phenoxy) is 1. The van der Waals surface area contributed by atoms with Crippen LogP contribution >= 0.6 is 11.3 Å². The minimum Gasteiger partial charge on any atom is -0.466 e. The van der Waals surface area contributed by atoms with Crippen molar-refractivity contribution in [2.24, 2.45) is 4.99 Å². The predicted octanol–water partition coefficient (Wildman–Crippen LogP) is 3.97. The molecule has 186 valence electrons. The SMILES string of the molecule is CCC1=C(C(=O)OC)[C@@H](c2ccccc2)n2c(s/c(=C\c3ccc(-c4cccc([N+](=O)[O-])c4)o3)c2=O)=N1. The van der Waals surface area contributed by atoms with Crippen LogP contribution in [0.2, 0.25) is 0 Å². The van der Waals surface area contributed by atoms with Gasteiger partial charge in [0.25, 0.3) is 11.2 Å². The molecule has 0 amide bonds. The van der Waals surface area contributed by atoms with Gasteiger partial charge in [-0.2, -0.15) is 0 Å². The predicted molar refractivity (Wildman–Crippen MR) is 138 cm³/mol. The summed E-state index contributed by atoms with van der Waals surface area (Å²) in [7, 11) is 1.31. The lowest BCUT2D eigenvalue weighted by molar-refractivity contribution is -0.384. The van der Waals surface area contributed by atoms with Crippen LogP contribution in [0.5, 0.6) is 0 Å². The zero-order valence-electron chi connectivity index (χ0n) is 19.9. The van der Waals surface area contributed by atoms with Crippen molar-refractivity contribution in [2.45, 2.75) is 19.4 Å². The molecule has 0 bridgehead atoms. The van der Waals surface area contributed by atoms with Gasteiger partial charge in [0.05, 0.1) is 33.9 Å². The number of nitro groups is 1. The van der Waals surface area contributed by atoms with E-state index in [1.807, 2.05) is 37.3 Å². The molecule has 0 aliphatic carbocycles. The lowest BCUT2D eigenvalue weighted by atomic mass is 9.95. The van der Waals surface area contributed by atoms with Crippen LogP contribution in [0.25, 0.3) is 17.4 Å². The Kier molecular flexibility index (Phi) is 6.41. The van der Waals surface area contributed by atoms with Crippen molar-refractivity contribution >= 4 is 29.1 Å². The van der Waals surface area contributed by atoms with E-state index in [9.17, 15) is 19.7 Å². The summed E-state index contributed by atoms with van der Waals surface area (Å²) in [6, 6.07) is 18.1. The molecular weight excluding hydrogens is 494 g/mol. The van der Waals surface area contributed by atoms with Crippen LogP contribution in [0.3, 0.4) is 0 Å². The third-order valence-corrected chi connectivity index (χ3v) is 6.99. The number of non-ortho nitro benzene ring substituents is 1. The molecule has 1 aliphatic rings. The Morgan fingerprint density at radius 2 is 1.97 bits per heavy atom. The van der Waals surface area contributed by atoms with E-state index in [4.69, 9.17) is 9.15 Å². The smallest absolute Gasteiger partial charge is 0.338 e. The number of aromatic nitrogens is 1. The van der Waals surface area contributed by atoms with Crippen molar-refractivity contribution in [3.8, 4) is 11.3 Å². The van der Waals surface area contributed by atoms with Crippen LogP contribution in [-0.2, 0) is 9.53 Å². The lowest BCUT2D eigenvalue weighted by Gasteiger charge is -2.25. The van der Waals surface area contributed by atoms with Crippen molar-refractivity contribution in [3.63, 3.8) is 0 Å². The second kappa shape index (κ2) is 9.82. The molecule has 1 aliphatic heterocycles. The Hall–Kier alpha value is -4.57. The number of hydrogen-bond donors (Lipinski definition) is 0. The number of methoxy groups -OCH3 is 1. The standard InChI is InChI=1S/C27H21N3O6S/c1-3-20-23(26(32)35-2)24(16-8-5-4-6-9-16)29-25(31)22(37-27(29)28-20)15-19-12-13-21(36-19)17-10-7-11-18(14-17)30(33)34/h4-15,24H,3H2,1-2H3/b22-15-/t24-/m1/s1. The van der Waals surface area contributed by atoms with Crippen LogP contribution in [0.15, 0.2) is 92.2 Å². The molecular formula is C27H21N3O6S. The number of allylic oxidation sites excluding steroid dienone is 1. The molecule has 10 heteroatoms. The molecule has 0 saturated carbocycles. The molecule has 0 fully saturated rings. The molecule has 0 saturated heterocycles. The number of fused-ring (bicyclic) bond motifs is 1. The summed E-state index contributed by atoms with van der Waals surface area (Å²) in [4.78, 5) is 42.2. The molecule has 2 aromatic heterocycles. The van der Waals surface area contributed by atoms with Crippen molar-refractivity contribution in [1.82, 2.24) is 4.57 Å². The maximum absolute atomic E-state index is 13.6. The third-order valence-electron chi connectivity index (χ3n) is 6.01. The number of carbonyl (C=O) groups is 1. The zero-order valence-corrected chi connectivity index (χ0v) is 20.7. The van der Waals surface area contributed by atoms with Gasteiger partial charge in [-0.3, -0.25) is 19.5 Å². The van der Waals surface area contributed by atoms with Gasteiger partial charge in [-0.1, -0.05) is 60.7 Å². The summed E-state index contributed by atoms with van der Waals surface area (Å²) >= 11 is 1.20. The highest BCUT2D eigenvalue weighted by atomic mass is 32.1. The second-order valence-corrected chi connectivity index (χ2v) is 9.22. The van der Waals surface area contributed by atoms with E-state index < -0.39 is 16.9 Å². The number of esters is 1. The molecule has 0 spiro atoms. The number of hydrogen-bond acceptors (Lipinski definition) is 8. The number of thiazole rings is 1. The molecule has 0 N–H and O–H groups in total. The third kappa shape index (κ3) is 4.43. The van der Waals surface area contributed by atoms with Gasteiger partial charge in [-0.15, -0.1) is 0 Å². The van der Waals surface area contributed by atoms with E-state index in [0.717, 1.165) is 5.56 Å². The highest BCUT2D eigenvalue weighted by Crippen LogP contribution is 2.32. The van der Waals surface area contributed by atoms with Gasteiger partial charge < -0.3 is 9.15 Å². The average Bonchev–Trinajstić information content (AvgIpc) is 3.52. The molecule has 0 radical (unpaired) electrons. The topological polar surface area (TPSA) is 117 Å². The van der Waals surface area contributed by atoms with E-state index >= 15 is 0 Å². The first kappa shape index (κ1) is 24.1. The summed E-state index contributed by atoms with van der Waals surface area (Å²) < 4.78 is 12.8. The molecule has 3 heterocycles. The average molecular weight is 516 g/mol. The quantitative estimate of drug-likeness (QED) is 0.218. The van der Waals surface area contributed by atoms with Crippen LogP contribution in [0, 0.1) is 10.1 Å². The minimum atomic E-state index is -0.681. The fourth-order valence-corrected chi connectivity index (χ4v) is 5.30. The van der Waals surface area contributed by atoms with E-state index in [2.05, 4.69) is 4.99 Å². The summed E-state index contributed by atoms with van der Waals surface area (Å²) in [6.07, 6.45) is 2.10. The Labute approximate surface area is 214 Å². The van der Waals surface area contributed by atoms with Crippen LogP contribution < -0.4 is 14.9 Å². The van der Waals surface area contributed by atoms with E-state index in [1.165, 1.54) is 35.1 Å². The number of rotatable bonds is 6. The lowest BCUT2D eigenvalue weighted by Crippen LogP contribution is -2.40. The fraction of sp³-hybridized carbons (Fsp3) is 0.148. The zero-order chi connectivity index (χ0) is 26.1. The molecule has 37 heavy (non-hydrogen) atoms. The van der Waals surface area contributed by atoms with Crippen molar-refractivity contribution in [3.05, 3.63) is 119 Å². The summed E-state index contributed by atoms with van der Waals surface area (Å²) in [5.74, 6) is 0.313. The Balaban J connectivity index is 1.64. The molecule has 1 atom stereocenters. The minimum absolute atomic E-state index is 0.0437. The number of nitrogens with zero attached hydrogens (tertiary/aromatic N) is 3. The van der Waals surface area contributed by atoms with E-state index in [-0.39, 0.29) is 11.2 Å². The van der Waals surface area contributed by atoms with Gasteiger partial charge in [0, 0.05) is 23.8 Å². The number of nitro benzene ring substituents is 1. The number of benzene rings is 2. The molecule has 2 aromatic carbocycles. The largest absolute Gasteiger partial charge is 0.466 e. The van der Waals surface area contributed by atoms with Gasteiger partial charge in [-0.25, -0.2) is 9.79 Å². The molecule has 0 unspecified atom stereocenters. The maximum atomic E-state index is 13.6.